The van der Waals surface area contributed by atoms with E-state index in [0.717, 1.165) is 19.3 Å². The molecule has 2 aliphatic carbocycles. The molecule has 0 radical (unpaired) electrons. The molecule has 2 aliphatic heterocycles. The molecule has 5 rings (SSSR count). The second kappa shape index (κ2) is 3.85. The van der Waals surface area contributed by atoms with E-state index in [0.29, 0.717) is 12.0 Å². The number of carboxylic acid groups (broad SMARTS) is 1. The highest BCUT2D eigenvalue weighted by Crippen LogP contribution is 2.57. The number of likely N-dealkylation sites (N-methyl/N-ethyl adjacent to an activating group) is 1. The number of carbonyl (C=O) groups is 1. The van der Waals surface area contributed by atoms with Crippen LogP contribution in [0.15, 0.2) is 24.3 Å². The third kappa shape index (κ3) is 1.37. The summed E-state index contributed by atoms with van der Waals surface area (Å²) >= 11 is 0. The number of rotatable bonds is 1. The maximum absolute atomic E-state index is 11.5. The summed E-state index contributed by atoms with van der Waals surface area (Å²) in [5, 5.41) is 9.49. The summed E-state index contributed by atoms with van der Waals surface area (Å²) in [4.78, 5) is 13.9. The Hall–Kier alpha value is -1.35. The fraction of sp³-hybridized carbons (Fsp3) is 0.588. The molecule has 0 spiro atoms. The molecule has 4 bridgehead atoms. The fourth-order valence-electron chi connectivity index (χ4n) is 5.30. The van der Waals surface area contributed by atoms with Crippen molar-refractivity contribution >= 4 is 5.97 Å². The summed E-state index contributed by atoms with van der Waals surface area (Å²) < 4.78 is 0. The van der Waals surface area contributed by atoms with Crippen LogP contribution < -0.4 is 0 Å². The molecule has 2 heterocycles. The van der Waals surface area contributed by atoms with Crippen LogP contribution in [0.1, 0.15) is 30.9 Å². The Balaban J connectivity index is 1.84. The summed E-state index contributed by atoms with van der Waals surface area (Å²) in [7, 11) is 2.13. The molecule has 2 saturated heterocycles. The van der Waals surface area contributed by atoms with E-state index in [-0.39, 0.29) is 17.4 Å². The third-order valence-electron chi connectivity index (χ3n) is 6.31. The Labute approximate surface area is 119 Å². The van der Waals surface area contributed by atoms with Crippen molar-refractivity contribution in [3.8, 4) is 0 Å². The van der Waals surface area contributed by atoms with Crippen LogP contribution in [-0.2, 0) is 16.6 Å². The molecule has 106 valence electrons. The maximum Gasteiger partial charge on any atom is 0.308 e. The van der Waals surface area contributed by atoms with Crippen LogP contribution in [0.25, 0.3) is 0 Å². The maximum atomic E-state index is 11.5. The van der Waals surface area contributed by atoms with Gasteiger partial charge in [-0.1, -0.05) is 31.2 Å². The van der Waals surface area contributed by atoms with Crippen LogP contribution in [0, 0.1) is 11.8 Å². The number of carboxylic acids is 1. The van der Waals surface area contributed by atoms with Gasteiger partial charge in [-0.05, 0) is 48.8 Å². The monoisotopic (exact) mass is 271 g/mol. The van der Waals surface area contributed by atoms with Crippen LogP contribution in [-0.4, -0.2) is 35.1 Å². The summed E-state index contributed by atoms with van der Waals surface area (Å²) in [6.07, 6.45) is 2.91. The second-order valence-corrected chi connectivity index (χ2v) is 7.07. The zero-order valence-electron chi connectivity index (χ0n) is 12.0. The van der Waals surface area contributed by atoms with Gasteiger partial charge in [-0.2, -0.15) is 0 Å². The minimum atomic E-state index is -0.610. The summed E-state index contributed by atoms with van der Waals surface area (Å²) in [5.41, 5.74) is 3.11. The Kier molecular flexibility index (Phi) is 2.39. The van der Waals surface area contributed by atoms with Gasteiger partial charge in [0.2, 0.25) is 0 Å². The van der Waals surface area contributed by atoms with Crippen molar-refractivity contribution in [2.24, 2.45) is 11.8 Å². The lowest BCUT2D eigenvalue weighted by atomic mass is 9.50. The van der Waals surface area contributed by atoms with Crippen molar-refractivity contribution in [1.82, 2.24) is 4.90 Å². The van der Waals surface area contributed by atoms with Crippen molar-refractivity contribution in [2.75, 3.05) is 7.05 Å². The van der Waals surface area contributed by atoms with Gasteiger partial charge in [0.15, 0.2) is 0 Å². The normalized spacial score (nSPS) is 42.3. The molecule has 1 N–H and O–H groups in total. The first-order valence-electron chi connectivity index (χ1n) is 7.55. The minimum Gasteiger partial charge on any atom is -0.481 e. The third-order valence-corrected chi connectivity index (χ3v) is 6.31. The second-order valence-electron chi connectivity index (χ2n) is 7.07. The average Bonchev–Trinajstić information content (AvgIpc) is 2.43. The molecule has 4 unspecified atom stereocenters. The molecule has 3 heteroatoms. The van der Waals surface area contributed by atoms with E-state index >= 15 is 0 Å². The van der Waals surface area contributed by atoms with E-state index in [9.17, 15) is 9.90 Å². The lowest BCUT2D eigenvalue weighted by Gasteiger charge is -2.63. The first-order valence-corrected chi connectivity index (χ1v) is 7.55. The van der Waals surface area contributed by atoms with Gasteiger partial charge in [-0.15, -0.1) is 0 Å². The number of fused-ring (bicyclic) bond motifs is 2. The van der Waals surface area contributed by atoms with E-state index < -0.39 is 5.97 Å². The zero-order valence-corrected chi connectivity index (χ0v) is 12.0. The van der Waals surface area contributed by atoms with Gasteiger partial charge in [0.25, 0.3) is 0 Å². The molecule has 20 heavy (non-hydrogen) atoms. The number of benzene rings is 1. The van der Waals surface area contributed by atoms with E-state index in [1.807, 2.05) is 0 Å². The van der Waals surface area contributed by atoms with Gasteiger partial charge in [-0.3, -0.25) is 9.69 Å². The van der Waals surface area contributed by atoms with Crippen LogP contribution in [0.3, 0.4) is 0 Å². The Bertz CT molecular complexity index is 584. The van der Waals surface area contributed by atoms with Gasteiger partial charge in [0.05, 0.1) is 5.92 Å². The van der Waals surface area contributed by atoms with Crippen LogP contribution in [0.4, 0.5) is 0 Å². The number of hydrogen-bond acceptors (Lipinski definition) is 2. The number of piperidine rings is 2. The summed E-state index contributed by atoms with van der Waals surface area (Å²) in [6.45, 7) is 2.36. The van der Waals surface area contributed by atoms with Crippen molar-refractivity contribution in [1.29, 1.82) is 0 Å². The molecule has 4 aliphatic rings. The predicted molar refractivity (Wildman–Crippen MR) is 76.7 cm³/mol. The number of hydrogen-bond donors (Lipinski definition) is 1. The molecule has 1 aromatic carbocycles. The molecular formula is C17H21NO2. The highest BCUT2D eigenvalue weighted by atomic mass is 16.4. The minimum absolute atomic E-state index is 0.169. The highest BCUT2D eigenvalue weighted by molar-refractivity contribution is 5.72. The topological polar surface area (TPSA) is 40.5 Å². The molecule has 0 aromatic heterocycles. The Morgan fingerprint density at radius 3 is 2.85 bits per heavy atom. The largest absolute Gasteiger partial charge is 0.481 e. The highest BCUT2D eigenvalue weighted by Gasteiger charge is 2.59. The lowest BCUT2D eigenvalue weighted by molar-refractivity contribution is -0.158. The van der Waals surface area contributed by atoms with Gasteiger partial charge in [0.1, 0.15) is 0 Å². The van der Waals surface area contributed by atoms with E-state index in [1.54, 1.807) is 0 Å². The fourth-order valence-corrected chi connectivity index (χ4v) is 5.30. The summed E-state index contributed by atoms with van der Waals surface area (Å²) in [5.74, 6) is -0.311. The summed E-state index contributed by atoms with van der Waals surface area (Å²) in [6, 6.07) is 9.49. The molecule has 0 amide bonds. The molecule has 5 atom stereocenters. The standard InChI is InChI=1S/C17H21NO2/c1-17-9-15-11(16(19)20)8-13(17)14(18(15)2)7-10-5-3-4-6-12(10)17/h3-6,11,13-15H,7-9H2,1-2H3,(H,19,20)/t11?,13?,14?,15?,17-/m1/s1. The van der Waals surface area contributed by atoms with E-state index in [2.05, 4.69) is 43.1 Å². The first kappa shape index (κ1) is 12.4. The van der Waals surface area contributed by atoms with Crippen molar-refractivity contribution in [3.05, 3.63) is 35.4 Å². The Morgan fingerprint density at radius 2 is 2.10 bits per heavy atom. The average molecular weight is 271 g/mol. The number of aliphatic carboxylic acids is 1. The molecule has 3 fully saturated rings. The van der Waals surface area contributed by atoms with Crippen molar-refractivity contribution in [3.63, 3.8) is 0 Å². The van der Waals surface area contributed by atoms with Crippen LogP contribution >= 0.6 is 0 Å². The van der Waals surface area contributed by atoms with Crippen LogP contribution in [0.5, 0.6) is 0 Å². The number of nitrogens with zero attached hydrogens (tertiary/aromatic N) is 1. The predicted octanol–water partition coefficient (Wildman–Crippen LogP) is 2.29. The van der Waals surface area contributed by atoms with Gasteiger partial charge in [-0.25, -0.2) is 0 Å². The molecule has 3 nitrogen and oxygen atoms in total. The van der Waals surface area contributed by atoms with Crippen molar-refractivity contribution in [2.45, 2.75) is 43.7 Å². The van der Waals surface area contributed by atoms with Gasteiger partial charge >= 0.3 is 5.97 Å². The van der Waals surface area contributed by atoms with Gasteiger partial charge < -0.3 is 5.11 Å². The first-order chi connectivity index (χ1) is 9.52. The molecular weight excluding hydrogens is 250 g/mol. The molecule has 1 saturated carbocycles. The Morgan fingerprint density at radius 1 is 1.35 bits per heavy atom. The lowest BCUT2D eigenvalue weighted by Crippen LogP contribution is -2.68. The smallest absolute Gasteiger partial charge is 0.308 e. The van der Waals surface area contributed by atoms with Crippen molar-refractivity contribution < 1.29 is 9.90 Å². The van der Waals surface area contributed by atoms with E-state index in [1.165, 1.54) is 11.1 Å². The van der Waals surface area contributed by atoms with E-state index in [4.69, 9.17) is 0 Å². The zero-order chi connectivity index (χ0) is 14.1. The SMILES string of the molecule is CN1C2C[C@]3(C)c4ccccc4CC1C3CC2C(=O)O. The quantitative estimate of drug-likeness (QED) is 0.852. The van der Waals surface area contributed by atoms with Gasteiger partial charge in [0, 0.05) is 12.1 Å². The van der Waals surface area contributed by atoms with Crippen LogP contribution in [0.2, 0.25) is 0 Å². The molecule has 1 aromatic rings.